The van der Waals surface area contributed by atoms with E-state index in [2.05, 4.69) is 10.6 Å². The summed E-state index contributed by atoms with van der Waals surface area (Å²) in [6.07, 6.45) is 1.64. The van der Waals surface area contributed by atoms with Crippen LogP contribution in [-0.2, 0) is 19.2 Å². The fourth-order valence-electron chi connectivity index (χ4n) is 2.74. The van der Waals surface area contributed by atoms with Crippen molar-refractivity contribution in [2.24, 2.45) is 0 Å². The van der Waals surface area contributed by atoms with E-state index in [9.17, 15) is 19.2 Å². The molecule has 3 N–H and O–H groups in total. The highest BCUT2D eigenvalue weighted by Crippen LogP contribution is 2.29. The number of carbonyl (C=O) groups excluding carboxylic acids is 3. The van der Waals surface area contributed by atoms with Gasteiger partial charge in [-0.25, -0.2) is 4.79 Å². The highest BCUT2D eigenvalue weighted by molar-refractivity contribution is 6.10. The summed E-state index contributed by atoms with van der Waals surface area (Å²) in [5.41, 5.74) is 1.14. The molecule has 0 radical (unpaired) electrons. The van der Waals surface area contributed by atoms with Crippen molar-refractivity contribution in [3.05, 3.63) is 24.3 Å². The van der Waals surface area contributed by atoms with Crippen LogP contribution in [-0.4, -0.2) is 41.4 Å². The Morgan fingerprint density at radius 2 is 2.00 bits per heavy atom. The molecule has 1 aromatic carbocycles. The molecule has 0 spiro atoms. The number of amides is 3. The van der Waals surface area contributed by atoms with Crippen LogP contribution in [0, 0.1) is 0 Å². The van der Waals surface area contributed by atoms with Crippen molar-refractivity contribution in [3.8, 4) is 0 Å². The number of rotatable bonds is 8. The number of para-hydroxylation sites is 2. The van der Waals surface area contributed by atoms with Gasteiger partial charge in [0, 0.05) is 12.8 Å². The van der Waals surface area contributed by atoms with Crippen LogP contribution in [0.1, 0.15) is 39.0 Å². The standard InChI is InChI=1S/C18H23N3O5/c1-2-3-6-13(18(25)26)20-15(22)9-10-17(24)21-11-16(23)19-12-7-4-5-8-14(12)21/h4-5,7-8,13H,2-3,6,9-11H2,1H3,(H,19,23)(H,20,22)(H,25,26). The van der Waals surface area contributed by atoms with Gasteiger partial charge in [-0.3, -0.25) is 14.4 Å². The number of carboxylic acids is 1. The molecule has 1 unspecified atom stereocenters. The van der Waals surface area contributed by atoms with E-state index in [1.54, 1.807) is 24.3 Å². The van der Waals surface area contributed by atoms with E-state index in [0.29, 0.717) is 24.2 Å². The monoisotopic (exact) mass is 361 g/mol. The summed E-state index contributed by atoms with van der Waals surface area (Å²) < 4.78 is 0. The molecule has 1 aromatic rings. The largest absolute Gasteiger partial charge is 0.480 e. The van der Waals surface area contributed by atoms with Crippen molar-refractivity contribution < 1.29 is 24.3 Å². The molecule has 1 aliphatic rings. The number of anilines is 2. The minimum atomic E-state index is -1.08. The van der Waals surface area contributed by atoms with Crippen molar-refractivity contribution in [2.75, 3.05) is 16.8 Å². The predicted octanol–water partition coefficient (Wildman–Crippen LogP) is 1.51. The Hall–Kier alpha value is -2.90. The second-order valence-corrected chi connectivity index (χ2v) is 6.15. The molecule has 0 aromatic heterocycles. The van der Waals surface area contributed by atoms with Gasteiger partial charge in [0.05, 0.1) is 11.4 Å². The fourth-order valence-corrected chi connectivity index (χ4v) is 2.74. The molecule has 0 aliphatic carbocycles. The van der Waals surface area contributed by atoms with E-state index in [0.717, 1.165) is 6.42 Å². The van der Waals surface area contributed by atoms with E-state index < -0.39 is 17.9 Å². The quantitative estimate of drug-likeness (QED) is 0.649. The van der Waals surface area contributed by atoms with Crippen LogP contribution in [0.25, 0.3) is 0 Å². The second kappa shape index (κ2) is 8.98. The zero-order chi connectivity index (χ0) is 19.1. The molecule has 26 heavy (non-hydrogen) atoms. The van der Waals surface area contributed by atoms with Gasteiger partial charge in [-0.1, -0.05) is 31.9 Å². The number of hydrogen-bond donors (Lipinski definition) is 3. The van der Waals surface area contributed by atoms with Gasteiger partial charge < -0.3 is 20.6 Å². The van der Waals surface area contributed by atoms with Crippen LogP contribution >= 0.6 is 0 Å². The van der Waals surface area contributed by atoms with Crippen molar-refractivity contribution in [1.29, 1.82) is 0 Å². The molecule has 1 aliphatic heterocycles. The maximum Gasteiger partial charge on any atom is 0.326 e. The summed E-state index contributed by atoms with van der Waals surface area (Å²) in [5, 5.41) is 14.3. The maximum absolute atomic E-state index is 12.5. The van der Waals surface area contributed by atoms with Crippen LogP contribution in [0.5, 0.6) is 0 Å². The van der Waals surface area contributed by atoms with Gasteiger partial charge in [-0.2, -0.15) is 0 Å². The number of hydrogen-bond acceptors (Lipinski definition) is 4. The van der Waals surface area contributed by atoms with E-state index in [4.69, 9.17) is 5.11 Å². The normalized spacial score (nSPS) is 14.2. The van der Waals surface area contributed by atoms with Gasteiger partial charge in [0.15, 0.2) is 0 Å². The Kier molecular flexibility index (Phi) is 6.71. The first-order chi connectivity index (χ1) is 12.4. The predicted molar refractivity (Wildman–Crippen MR) is 95.8 cm³/mol. The van der Waals surface area contributed by atoms with Gasteiger partial charge in [-0.15, -0.1) is 0 Å². The van der Waals surface area contributed by atoms with Crippen molar-refractivity contribution in [3.63, 3.8) is 0 Å². The van der Waals surface area contributed by atoms with E-state index in [-0.39, 0.29) is 31.2 Å². The number of fused-ring (bicyclic) bond motifs is 1. The summed E-state index contributed by atoms with van der Waals surface area (Å²) >= 11 is 0. The number of unbranched alkanes of at least 4 members (excludes halogenated alkanes) is 1. The first-order valence-electron chi connectivity index (χ1n) is 8.63. The molecular weight excluding hydrogens is 338 g/mol. The van der Waals surface area contributed by atoms with Crippen molar-refractivity contribution in [2.45, 2.75) is 45.1 Å². The minimum absolute atomic E-state index is 0.104. The number of aliphatic carboxylic acids is 1. The molecule has 0 fully saturated rings. The first kappa shape index (κ1) is 19.4. The highest BCUT2D eigenvalue weighted by atomic mass is 16.4. The maximum atomic E-state index is 12.5. The lowest BCUT2D eigenvalue weighted by atomic mass is 10.1. The Bertz CT molecular complexity index is 704. The number of benzene rings is 1. The Labute approximate surface area is 151 Å². The summed E-state index contributed by atoms with van der Waals surface area (Å²) in [7, 11) is 0. The molecule has 1 heterocycles. The Balaban J connectivity index is 1.93. The lowest BCUT2D eigenvalue weighted by Gasteiger charge is -2.29. The smallest absolute Gasteiger partial charge is 0.326 e. The average molecular weight is 361 g/mol. The number of nitrogens with one attached hydrogen (secondary N) is 2. The van der Waals surface area contributed by atoms with Crippen LogP contribution in [0.4, 0.5) is 11.4 Å². The van der Waals surface area contributed by atoms with Crippen LogP contribution in [0.3, 0.4) is 0 Å². The van der Waals surface area contributed by atoms with Crippen LogP contribution in [0.15, 0.2) is 24.3 Å². The number of carbonyl (C=O) groups is 4. The Morgan fingerprint density at radius 1 is 1.27 bits per heavy atom. The van der Waals surface area contributed by atoms with Crippen LogP contribution < -0.4 is 15.5 Å². The fraction of sp³-hybridized carbons (Fsp3) is 0.444. The van der Waals surface area contributed by atoms with Gasteiger partial charge in [0.1, 0.15) is 12.6 Å². The van der Waals surface area contributed by atoms with Gasteiger partial charge in [0.25, 0.3) is 0 Å². The average Bonchev–Trinajstić information content (AvgIpc) is 2.62. The number of carboxylic acid groups (broad SMARTS) is 1. The molecule has 1 atom stereocenters. The molecule has 0 saturated carbocycles. The number of nitrogens with zero attached hydrogens (tertiary/aromatic N) is 1. The lowest BCUT2D eigenvalue weighted by Crippen LogP contribution is -2.43. The Morgan fingerprint density at radius 3 is 2.69 bits per heavy atom. The summed E-state index contributed by atoms with van der Waals surface area (Å²) in [6, 6.07) is 5.99. The van der Waals surface area contributed by atoms with Crippen molar-refractivity contribution in [1.82, 2.24) is 5.32 Å². The lowest BCUT2D eigenvalue weighted by molar-refractivity contribution is -0.142. The van der Waals surface area contributed by atoms with E-state index in [1.807, 2.05) is 6.92 Å². The molecule has 0 bridgehead atoms. The molecule has 2 rings (SSSR count). The van der Waals surface area contributed by atoms with Gasteiger partial charge in [-0.05, 0) is 18.6 Å². The zero-order valence-corrected chi connectivity index (χ0v) is 14.7. The van der Waals surface area contributed by atoms with E-state index >= 15 is 0 Å². The van der Waals surface area contributed by atoms with Crippen molar-refractivity contribution >= 4 is 35.1 Å². The summed E-state index contributed by atoms with van der Waals surface area (Å²) in [6.45, 7) is 1.83. The SMILES string of the molecule is CCCCC(NC(=O)CCC(=O)N1CC(=O)Nc2ccccc21)C(=O)O. The molecule has 3 amide bonds. The second-order valence-electron chi connectivity index (χ2n) is 6.15. The third-order valence-electron chi connectivity index (χ3n) is 4.12. The minimum Gasteiger partial charge on any atom is -0.480 e. The summed E-state index contributed by atoms with van der Waals surface area (Å²) in [5.74, 6) is -2.23. The van der Waals surface area contributed by atoms with Gasteiger partial charge in [0.2, 0.25) is 17.7 Å². The molecular formula is C18H23N3O5. The molecule has 0 saturated heterocycles. The topological polar surface area (TPSA) is 116 Å². The first-order valence-corrected chi connectivity index (χ1v) is 8.63. The molecule has 8 nitrogen and oxygen atoms in total. The van der Waals surface area contributed by atoms with Gasteiger partial charge >= 0.3 is 5.97 Å². The zero-order valence-electron chi connectivity index (χ0n) is 14.7. The molecule has 8 heteroatoms. The van der Waals surface area contributed by atoms with Crippen LogP contribution in [0.2, 0.25) is 0 Å². The van der Waals surface area contributed by atoms with E-state index in [1.165, 1.54) is 4.90 Å². The highest BCUT2D eigenvalue weighted by Gasteiger charge is 2.27. The summed E-state index contributed by atoms with van der Waals surface area (Å²) in [4.78, 5) is 48.7. The molecule has 140 valence electrons. The third kappa shape index (κ3) is 5.05. The third-order valence-corrected chi connectivity index (χ3v) is 4.12.